The van der Waals surface area contributed by atoms with E-state index in [0.717, 1.165) is 22.5 Å². The van der Waals surface area contributed by atoms with Crippen molar-refractivity contribution in [3.63, 3.8) is 0 Å². The molecule has 1 amide bonds. The lowest BCUT2D eigenvalue weighted by molar-refractivity contribution is 0.102. The van der Waals surface area contributed by atoms with Crippen molar-refractivity contribution in [2.45, 2.75) is 20.8 Å². The highest BCUT2D eigenvalue weighted by atomic mass is 16.1. The van der Waals surface area contributed by atoms with Crippen LogP contribution in [0.1, 0.15) is 27.2 Å². The SMILES string of the molecule is Cc1cc(C)c(NC(=O)c2cc(-c3ccccn3)n[nH]2)c(C)c1. The van der Waals surface area contributed by atoms with E-state index in [1.54, 1.807) is 12.3 Å². The first kappa shape index (κ1) is 15.0. The van der Waals surface area contributed by atoms with Crippen molar-refractivity contribution in [1.29, 1.82) is 0 Å². The van der Waals surface area contributed by atoms with Gasteiger partial charge in [0.15, 0.2) is 0 Å². The van der Waals surface area contributed by atoms with Crippen LogP contribution in [0.15, 0.2) is 42.6 Å². The molecule has 116 valence electrons. The van der Waals surface area contributed by atoms with Crippen molar-refractivity contribution in [3.05, 3.63) is 65.0 Å². The molecule has 0 bridgehead atoms. The third-order valence-corrected chi connectivity index (χ3v) is 3.67. The summed E-state index contributed by atoms with van der Waals surface area (Å²) in [6, 6.07) is 11.4. The molecule has 2 heterocycles. The predicted octanol–water partition coefficient (Wildman–Crippen LogP) is 3.65. The molecule has 5 heteroatoms. The number of hydrogen-bond donors (Lipinski definition) is 2. The summed E-state index contributed by atoms with van der Waals surface area (Å²) in [5.41, 5.74) is 5.89. The first-order valence-electron chi connectivity index (χ1n) is 7.40. The molecule has 0 saturated heterocycles. The van der Waals surface area contributed by atoms with E-state index in [2.05, 4.69) is 32.6 Å². The second kappa shape index (κ2) is 6.04. The van der Waals surface area contributed by atoms with E-state index >= 15 is 0 Å². The lowest BCUT2D eigenvalue weighted by Gasteiger charge is -2.12. The molecular weight excluding hydrogens is 288 g/mol. The summed E-state index contributed by atoms with van der Waals surface area (Å²) in [7, 11) is 0. The van der Waals surface area contributed by atoms with Crippen LogP contribution >= 0.6 is 0 Å². The molecule has 3 aromatic rings. The average molecular weight is 306 g/mol. The van der Waals surface area contributed by atoms with Gasteiger partial charge in [0.05, 0.1) is 5.69 Å². The predicted molar refractivity (Wildman–Crippen MR) is 90.4 cm³/mol. The summed E-state index contributed by atoms with van der Waals surface area (Å²) >= 11 is 0. The molecule has 0 aliphatic heterocycles. The number of aromatic amines is 1. The molecule has 0 unspecified atom stereocenters. The van der Waals surface area contributed by atoms with E-state index in [-0.39, 0.29) is 5.91 Å². The Kier molecular flexibility index (Phi) is 3.93. The minimum Gasteiger partial charge on any atom is -0.320 e. The molecule has 0 saturated carbocycles. The standard InChI is InChI=1S/C18H18N4O/c1-11-8-12(2)17(13(3)9-11)20-18(23)16-10-15(21-22-16)14-6-4-5-7-19-14/h4-10H,1-3H3,(H,20,23)(H,21,22). The maximum atomic E-state index is 12.4. The number of H-pyrrole nitrogens is 1. The molecule has 0 radical (unpaired) electrons. The Hall–Kier alpha value is -2.95. The van der Waals surface area contributed by atoms with Crippen molar-refractivity contribution < 1.29 is 4.79 Å². The quantitative estimate of drug-likeness (QED) is 0.776. The third-order valence-electron chi connectivity index (χ3n) is 3.67. The minimum atomic E-state index is -0.213. The number of amides is 1. The van der Waals surface area contributed by atoms with Crippen molar-refractivity contribution >= 4 is 11.6 Å². The Labute approximate surface area is 134 Å². The number of pyridine rings is 1. The van der Waals surface area contributed by atoms with Gasteiger partial charge in [0, 0.05) is 11.9 Å². The van der Waals surface area contributed by atoms with Crippen molar-refractivity contribution in [3.8, 4) is 11.4 Å². The van der Waals surface area contributed by atoms with E-state index in [9.17, 15) is 4.79 Å². The van der Waals surface area contributed by atoms with Gasteiger partial charge < -0.3 is 5.32 Å². The van der Waals surface area contributed by atoms with Crippen molar-refractivity contribution in [2.24, 2.45) is 0 Å². The van der Waals surface area contributed by atoms with E-state index in [0.29, 0.717) is 11.4 Å². The summed E-state index contributed by atoms with van der Waals surface area (Å²) in [5.74, 6) is -0.213. The number of rotatable bonds is 3. The van der Waals surface area contributed by atoms with Gasteiger partial charge in [-0.15, -0.1) is 0 Å². The van der Waals surface area contributed by atoms with Gasteiger partial charge in [0.1, 0.15) is 11.4 Å². The van der Waals surface area contributed by atoms with Gasteiger partial charge in [-0.25, -0.2) is 0 Å². The maximum Gasteiger partial charge on any atom is 0.273 e. The van der Waals surface area contributed by atoms with Gasteiger partial charge in [-0.1, -0.05) is 23.8 Å². The van der Waals surface area contributed by atoms with Crippen LogP contribution in [0.25, 0.3) is 11.4 Å². The number of anilines is 1. The largest absolute Gasteiger partial charge is 0.320 e. The summed E-state index contributed by atoms with van der Waals surface area (Å²) in [5, 5.41) is 9.89. The normalized spacial score (nSPS) is 10.6. The molecule has 2 N–H and O–H groups in total. The fourth-order valence-corrected chi connectivity index (χ4v) is 2.64. The molecule has 3 rings (SSSR count). The number of nitrogens with one attached hydrogen (secondary N) is 2. The number of benzene rings is 1. The van der Waals surface area contributed by atoms with E-state index in [4.69, 9.17) is 0 Å². The van der Waals surface area contributed by atoms with E-state index < -0.39 is 0 Å². The maximum absolute atomic E-state index is 12.4. The monoisotopic (exact) mass is 306 g/mol. The van der Waals surface area contributed by atoms with Gasteiger partial charge >= 0.3 is 0 Å². The van der Waals surface area contributed by atoms with Gasteiger partial charge in [-0.05, 0) is 50.1 Å². The molecule has 0 spiro atoms. The fraction of sp³-hybridized carbons (Fsp3) is 0.167. The van der Waals surface area contributed by atoms with E-state index in [1.807, 2.05) is 39.0 Å². The molecule has 2 aromatic heterocycles. The highest BCUT2D eigenvalue weighted by Gasteiger charge is 2.14. The van der Waals surface area contributed by atoms with Crippen LogP contribution in [-0.2, 0) is 0 Å². The van der Waals surface area contributed by atoms with Crippen LogP contribution in [-0.4, -0.2) is 21.1 Å². The van der Waals surface area contributed by atoms with Crippen LogP contribution < -0.4 is 5.32 Å². The molecule has 23 heavy (non-hydrogen) atoms. The lowest BCUT2D eigenvalue weighted by Crippen LogP contribution is -2.14. The minimum absolute atomic E-state index is 0.213. The first-order chi connectivity index (χ1) is 11.0. The van der Waals surface area contributed by atoms with Gasteiger partial charge in [0.2, 0.25) is 0 Å². The van der Waals surface area contributed by atoms with Gasteiger partial charge in [0.25, 0.3) is 5.91 Å². The van der Waals surface area contributed by atoms with Crippen molar-refractivity contribution in [1.82, 2.24) is 15.2 Å². The number of carbonyl (C=O) groups is 1. The number of hydrogen-bond acceptors (Lipinski definition) is 3. The molecule has 0 aliphatic carbocycles. The summed E-state index contributed by atoms with van der Waals surface area (Å²) in [6.07, 6.45) is 1.70. The smallest absolute Gasteiger partial charge is 0.273 e. The van der Waals surface area contributed by atoms with Crippen molar-refractivity contribution in [2.75, 3.05) is 5.32 Å². The van der Waals surface area contributed by atoms with Gasteiger partial charge in [-0.3, -0.25) is 14.9 Å². The highest BCUT2D eigenvalue weighted by Crippen LogP contribution is 2.23. The Bertz CT molecular complexity index is 829. The summed E-state index contributed by atoms with van der Waals surface area (Å²) < 4.78 is 0. The first-order valence-corrected chi connectivity index (χ1v) is 7.40. The topological polar surface area (TPSA) is 70.7 Å². The number of aryl methyl sites for hydroxylation is 3. The average Bonchev–Trinajstić information content (AvgIpc) is 3.01. The zero-order valence-corrected chi connectivity index (χ0v) is 13.3. The second-order valence-corrected chi connectivity index (χ2v) is 5.61. The molecule has 0 fully saturated rings. The Morgan fingerprint density at radius 3 is 2.43 bits per heavy atom. The Balaban J connectivity index is 1.84. The molecule has 5 nitrogen and oxygen atoms in total. The molecular formula is C18H18N4O. The van der Waals surface area contributed by atoms with Gasteiger partial charge in [-0.2, -0.15) is 5.10 Å². The fourth-order valence-electron chi connectivity index (χ4n) is 2.64. The summed E-state index contributed by atoms with van der Waals surface area (Å²) in [6.45, 7) is 6.02. The van der Waals surface area contributed by atoms with Crippen LogP contribution in [0, 0.1) is 20.8 Å². The number of carbonyl (C=O) groups excluding carboxylic acids is 1. The number of aromatic nitrogens is 3. The second-order valence-electron chi connectivity index (χ2n) is 5.61. The van der Waals surface area contributed by atoms with Crippen LogP contribution in [0.5, 0.6) is 0 Å². The highest BCUT2D eigenvalue weighted by molar-refractivity contribution is 6.04. The third kappa shape index (κ3) is 3.13. The van der Waals surface area contributed by atoms with Crippen LogP contribution in [0.3, 0.4) is 0 Å². The summed E-state index contributed by atoms with van der Waals surface area (Å²) in [4.78, 5) is 16.7. The lowest BCUT2D eigenvalue weighted by atomic mass is 10.0. The molecule has 1 aromatic carbocycles. The van der Waals surface area contributed by atoms with E-state index in [1.165, 1.54) is 5.56 Å². The van der Waals surface area contributed by atoms with Crippen LogP contribution in [0.4, 0.5) is 5.69 Å². The zero-order valence-electron chi connectivity index (χ0n) is 13.3. The van der Waals surface area contributed by atoms with Crippen LogP contribution in [0.2, 0.25) is 0 Å². The molecule has 0 aliphatic rings. The Morgan fingerprint density at radius 2 is 1.78 bits per heavy atom. The zero-order chi connectivity index (χ0) is 16.4. The number of nitrogens with zero attached hydrogens (tertiary/aromatic N) is 2. The molecule has 0 atom stereocenters. The Morgan fingerprint density at radius 1 is 1.04 bits per heavy atom.